The van der Waals surface area contributed by atoms with Crippen LogP contribution in [0, 0.1) is 0 Å². The summed E-state index contributed by atoms with van der Waals surface area (Å²) in [6, 6.07) is 15.7. The lowest BCUT2D eigenvalue weighted by atomic mass is 10.1. The van der Waals surface area contributed by atoms with E-state index in [0.717, 1.165) is 30.0 Å². The van der Waals surface area contributed by atoms with Crippen molar-refractivity contribution < 1.29 is 9.53 Å². The van der Waals surface area contributed by atoms with Crippen molar-refractivity contribution in [3.63, 3.8) is 0 Å². The van der Waals surface area contributed by atoms with Gasteiger partial charge < -0.3 is 9.64 Å². The van der Waals surface area contributed by atoms with Gasteiger partial charge in [-0.15, -0.1) is 0 Å². The molecule has 1 heterocycles. The Kier molecular flexibility index (Phi) is 5.89. The highest BCUT2D eigenvalue weighted by Gasteiger charge is 2.11. The van der Waals surface area contributed by atoms with E-state index < -0.39 is 0 Å². The zero-order valence-corrected chi connectivity index (χ0v) is 14.8. The number of ketones is 1. The molecule has 0 aliphatic carbocycles. The highest BCUT2D eigenvalue weighted by atomic mass is 16.5. The van der Waals surface area contributed by atoms with Crippen LogP contribution in [0.1, 0.15) is 42.1 Å². The van der Waals surface area contributed by atoms with Crippen LogP contribution in [0.5, 0.6) is 5.75 Å². The van der Waals surface area contributed by atoms with Crippen molar-refractivity contribution in [1.82, 2.24) is 0 Å². The van der Waals surface area contributed by atoms with Crippen molar-refractivity contribution in [3.8, 4) is 5.75 Å². The Balaban J connectivity index is 1.62. The maximum absolute atomic E-state index is 12.3. The number of piperidine rings is 1. The molecular weight excluding hydrogens is 310 g/mol. The number of anilines is 1. The van der Waals surface area contributed by atoms with E-state index in [2.05, 4.69) is 17.0 Å². The van der Waals surface area contributed by atoms with Gasteiger partial charge in [0.25, 0.3) is 0 Å². The quantitative estimate of drug-likeness (QED) is 0.551. The molecule has 3 heteroatoms. The second-order valence-electron chi connectivity index (χ2n) is 6.29. The molecule has 2 aromatic carbocycles. The molecule has 1 aliphatic rings. The molecule has 1 fully saturated rings. The Bertz CT molecular complexity index is 711. The van der Waals surface area contributed by atoms with E-state index in [9.17, 15) is 4.79 Å². The minimum atomic E-state index is 0.0269. The molecule has 1 aliphatic heterocycles. The second-order valence-corrected chi connectivity index (χ2v) is 6.29. The first-order valence-electron chi connectivity index (χ1n) is 9.06. The Hall–Kier alpha value is -2.55. The number of hydrogen-bond donors (Lipinski definition) is 0. The Morgan fingerprint density at radius 3 is 2.32 bits per heavy atom. The van der Waals surface area contributed by atoms with Crippen LogP contribution in [-0.2, 0) is 0 Å². The van der Waals surface area contributed by atoms with Gasteiger partial charge >= 0.3 is 0 Å². The fraction of sp³-hybridized carbons (Fsp3) is 0.318. The smallest absolute Gasteiger partial charge is 0.185 e. The summed E-state index contributed by atoms with van der Waals surface area (Å²) in [5.41, 5.74) is 2.93. The molecule has 3 rings (SSSR count). The van der Waals surface area contributed by atoms with Crippen LogP contribution in [0.2, 0.25) is 0 Å². The van der Waals surface area contributed by atoms with Crippen LogP contribution in [-0.4, -0.2) is 25.5 Å². The summed E-state index contributed by atoms with van der Waals surface area (Å²) in [6.07, 6.45) is 7.31. The Morgan fingerprint density at radius 2 is 1.68 bits per heavy atom. The summed E-state index contributed by atoms with van der Waals surface area (Å²) >= 11 is 0. The van der Waals surface area contributed by atoms with E-state index in [0.29, 0.717) is 6.61 Å². The van der Waals surface area contributed by atoms with E-state index in [1.165, 1.54) is 24.9 Å². The molecule has 25 heavy (non-hydrogen) atoms. The topological polar surface area (TPSA) is 29.5 Å². The van der Waals surface area contributed by atoms with Crippen LogP contribution in [0.25, 0.3) is 6.08 Å². The lowest BCUT2D eigenvalue weighted by Crippen LogP contribution is -2.29. The zero-order chi connectivity index (χ0) is 17.5. The van der Waals surface area contributed by atoms with Crippen molar-refractivity contribution in [1.29, 1.82) is 0 Å². The predicted octanol–water partition coefficient (Wildman–Crippen LogP) is 4.97. The van der Waals surface area contributed by atoms with Crippen LogP contribution in [0.3, 0.4) is 0 Å². The standard InChI is InChI=1S/C22H25NO2/c1-2-25-21-13-6-18(7-14-21)8-15-22(24)19-9-11-20(12-10-19)23-16-4-3-5-17-23/h6-15H,2-5,16-17H2,1H3/b15-8+. The van der Waals surface area contributed by atoms with Crippen molar-refractivity contribution in [3.05, 3.63) is 65.7 Å². The van der Waals surface area contributed by atoms with Gasteiger partial charge in [-0.1, -0.05) is 18.2 Å². The maximum atomic E-state index is 12.3. The summed E-state index contributed by atoms with van der Waals surface area (Å²) in [4.78, 5) is 14.7. The van der Waals surface area contributed by atoms with Crippen molar-refractivity contribution in [2.45, 2.75) is 26.2 Å². The van der Waals surface area contributed by atoms with Gasteiger partial charge in [0.05, 0.1) is 6.61 Å². The maximum Gasteiger partial charge on any atom is 0.185 e. The molecule has 0 bridgehead atoms. The van der Waals surface area contributed by atoms with Gasteiger partial charge in [0.2, 0.25) is 0 Å². The number of nitrogens with zero attached hydrogens (tertiary/aromatic N) is 1. The molecule has 0 spiro atoms. The van der Waals surface area contributed by atoms with E-state index >= 15 is 0 Å². The first-order valence-corrected chi connectivity index (χ1v) is 9.06. The van der Waals surface area contributed by atoms with E-state index in [1.54, 1.807) is 6.08 Å². The lowest BCUT2D eigenvalue weighted by molar-refractivity contribution is 0.104. The summed E-state index contributed by atoms with van der Waals surface area (Å²) in [5, 5.41) is 0. The second kappa shape index (κ2) is 8.52. The molecule has 0 saturated carbocycles. The number of carbonyl (C=O) groups excluding carboxylic acids is 1. The van der Waals surface area contributed by atoms with Crippen LogP contribution in [0.4, 0.5) is 5.69 Å². The zero-order valence-electron chi connectivity index (χ0n) is 14.8. The molecule has 130 valence electrons. The van der Waals surface area contributed by atoms with Crippen LogP contribution < -0.4 is 9.64 Å². The van der Waals surface area contributed by atoms with Gasteiger partial charge in [-0.25, -0.2) is 0 Å². The van der Waals surface area contributed by atoms with Crippen molar-refractivity contribution in [2.75, 3.05) is 24.6 Å². The third-order valence-corrected chi connectivity index (χ3v) is 4.49. The number of ether oxygens (including phenoxy) is 1. The number of allylic oxidation sites excluding steroid dienone is 1. The number of benzene rings is 2. The summed E-state index contributed by atoms with van der Waals surface area (Å²) in [6.45, 7) is 4.85. The van der Waals surface area contributed by atoms with Crippen LogP contribution >= 0.6 is 0 Å². The summed E-state index contributed by atoms with van der Waals surface area (Å²) in [5.74, 6) is 0.873. The molecular formula is C22H25NO2. The molecule has 0 unspecified atom stereocenters. The largest absolute Gasteiger partial charge is 0.494 e. The van der Waals surface area contributed by atoms with Gasteiger partial charge in [-0.05, 0) is 74.2 Å². The Morgan fingerprint density at radius 1 is 1.00 bits per heavy atom. The molecule has 0 N–H and O–H groups in total. The van der Waals surface area contributed by atoms with Crippen molar-refractivity contribution in [2.24, 2.45) is 0 Å². The van der Waals surface area contributed by atoms with Crippen LogP contribution in [0.15, 0.2) is 54.6 Å². The minimum Gasteiger partial charge on any atom is -0.494 e. The molecule has 0 atom stereocenters. The first-order chi connectivity index (χ1) is 12.3. The number of carbonyl (C=O) groups is 1. The molecule has 3 nitrogen and oxygen atoms in total. The van der Waals surface area contributed by atoms with E-state index in [-0.39, 0.29) is 5.78 Å². The average Bonchev–Trinajstić information content (AvgIpc) is 2.68. The molecule has 0 radical (unpaired) electrons. The van der Waals surface area contributed by atoms with E-state index in [4.69, 9.17) is 4.74 Å². The van der Waals surface area contributed by atoms with E-state index in [1.807, 2.05) is 49.4 Å². The van der Waals surface area contributed by atoms with Gasteiger partial charge in [0.15, 0.2) is 5.78 Å². The van der Waals surface area contributed by atoms with Gasteiger partial charge in [0.1, 0.15) is 5.75 Å². The normalized spacial score (nSPS) is 14.7. The first kappa shape index (κ1) is 17.3. The summed E-state index contributed by atoms with van der Waals surface area (Å²) in [7, 11) is 0. The molecule has 2 aromatic rings. The Labute approximate surface area is 149 Å². The van der Waals surface area contributed by atoms with Gasteiger partial charge in [0, 0.05) is 24.3 Å². The predicted molar refractivity (Wildman–Crippen MR) is 103 cm³/mol. The summed E-state index contributed by atoms with van der Waals surface area (Å²) < 4.78 is 5.42. The molecule has 0 amide bonds. The van der Waals surface area contributed by atoms with Gasteiger partial charge in [-0.3, -0.25) is 4.79 Å². The fourth-order valence-electron chi connectivity index (χ4n) is 3.10. The highest BCUT2D eigenvalue weighted by molar-refractivity contribution is 6.07. The average molecular weight is 335 g/mol. The third kappa shape index (κ3) is 4.72. The highest BCUT2D eigenvalue weighted by Crippen LogP contribution is 2.20. The molecule has 1 saturated heterocycles. The molecule has 0 aromatic heterocycles. The number of hydrogen-bond acceptors (Lipinski definition) is 3. The van der Waals surface area contributed by atoms with Gasteiger partial charge in [-0.2, -0.15) is 0 Å². The lowest BCUT2D eigenvalue weighted by Gasteiger charge is -2.28. The van der Waals surface area contributed by atoms with Crippen molar-refractivity contribution >= 4 is 17.5 Å². The third-order valence-electron chi connectivity index (χ3n) is 4.49. The monoisotopic (exact) mass is 335 g/mol. The number of rotatable bonds is 6. The SMILES string of the molecule is CCOc1ccc(/C=C/C(=O)c2ccc(N3CCCCC3)cc2)cc1. The fourth-order valence-corrected chi connectivity index (χ4v) is 3.10. The minimum absolute atomic E-state index is 0.0269.